The van der Waals surface area contributed by atoms with Crippen molar-refractivity contribution in [3.8, 4) is 0 Å². The molecule has 0 atom stereocenters. The second kappa shape index (κ2) is 6.01. The van der Waals surface area contributed by atoms with Gasteiger partial charge in [-0.1, -0.05) is 12.1 Å². The molecule has 20 heavy (non-hydrogen) atoms. The molecule has 0 aliphatic carbocycles. The maximum Gasteiger partial charge on any atom is 0.178 e. The first-order valence-corrected chi connectivity index (χ1v) is 6.58. The number of aromatic amines is 1. The zero-order chi connectivity index (χ0) is 14.7. The molecule has 0 unspecified atom stereocenters. The number of rotatable bonds is 5. The van der Waals surface area contributed by atoms with E-state index in [0.717, 1.165) is 22.5 Å². The molecule has 0 fully saturated rings. The molecule has 0 saturated carbocycles. The Kier molecular flexibility index (Phi) is 4.35. The number of aryl methyl sites for hydroxylation is 2. The summed E-state index contributed by atoms with van der Waals surface area (Å²) in [6.07, 6.45) is 0. The highest BCUT2D eigenvalue weighted by Gasteiger charge is 2.13. The van der Waals surface area contributed by atoms with Gasteiger partial charge in [0.15, 0.2) is 5.78 Å². The molecule has 2 aromatic rings. The van der Waals surface area contributed by atoms with Gasteiger partial charge in [0.25, 0.3) is 0 Å². The Bertz CT molecular complexity index is 601. The number of carbonyl (C=O) groups excluding carboxylic acids is 1. The lowest BCUT2D eigenvalue weighted by atomic mass is 10.1. The third-order valence-electron chi connectivity index (χ3n) is 3.23. The molecular formula is C16H19FN2O. The second-order valence-corrected chi connectivity index (χ2v) is 5.21. The fourth-order valence-corrected chi connectivity index (χ4v) is 2.30. The summed E-state index contributed by atoms with van der Waals surface area (Å²) < 4.78 is 12.8. The van der Waals surface area contributed by atoms with Crippen LogP contribution in [0.1, 0.15) is 27.3 Å². The summed E-state index contributed by atoms with van der Waals surface area (Å²) in [5.74, 6) is -0.151. The van der Waals surface area contributed by atoms with E-state index in [4.69, 9.17) is 0 Å². The predicted octanol–water partition coefficient (Wildman–Crippen LogP) is 3.09. The molecule has 0 aliphatic rings. The maximum absolute atomic E-state index is 12.8. The molecule has 1 heterocycles. The second-order valence-electron chi connectivity index (χ2n) is 5.21. The Labute approximate surface area is 118 Å². The van der Waals surface area contributed by atoms with Crippen molar-refractivity contribution in [3.63, 3.8) is 0 Å². The van der Waals surface area contributed by atoms with Crippen molar-refractivity contribution in [2.75, 3.05) is 13.6 Å². The summed E-state index contributed by atoms with van der Waals surface area (Å²) in [6, 6.07) is 8.22. The third kappa shape index (κ3) is 3.54. The van der Waals surface area contributed by atoms with E-state index in [1.807, 2.05) is 31.9 Å². The first-order chi connectivity index (χ1) is 9.45. The van der Waals surface area contributed by atoms with Crippen molar-refractivity contribution in [2.24, 2.45) is 0 Å². The van der Waals surface area contributed by atoms with E-state index in [0.29, 0.717) is 13.1 Å². The van der Waals surface area contributed by atoms with E-state index >= 15 is 0 Å². The number of carbonyl (C=O) groups is 1. The van der Waals surface area contributed by atoms with Gasteiger partial charge in [0.1, 0.15) is 5.82 Å². The van der Waals surface area contributed by atoms with E-state index in [2.05, 4.69) is 4.98 Å². The van der Waals surface area contributed by atoms with Crippen LogP contribution >= 0.6 is 0 Å². The van der Waals surface area contributed by atoms with Gasteiger partial charge in [0.2, 0.25) is 0 Å². The molecule has 0 saturated heterocycles. The molecule has 2 rings (SSSR count). The van der Waals surface area contributed by atoms with E-state index in [-0.39, 0.29) is 11.6 Å². The van der Waals surface area contributed by atoms with E-state index in [9.17, 15) is 9.18 Å². The minimum atomic E-state index is -0.245. The fourth-order valence-electron chi connectivity index (χ4n) is 2.30. The van der Waals surface area contributed by atoms with Gasteiger partial charge in [-0.05, 0) is 44.7 Å². The molecule has 106 valence electrons. The molecule has 0 bridgehead atoms. The number of H-pyrrole nitrogens is 1. The number of aromatic nitrogens is 1. The zero-order valence-electron chi connectivity index (χ0n) is 12.0. The summed E-state index contributed by atoms with van der Waals surface area (Å²) >= 11 is 0. The van der Waals surface area contributed by atoms with Crippen LogP contribution in [0.3, 0.4) is 0 Å². The molecule has 1 aromatic heterocycles. The molecule has 3 nitrogen and oxygen atoms in total. The topological polar surface area (TPSA) is 36.1 Å². The Morgan fingerprint density at radius 3 is 2.45 bits per heavy atom. The van der Waals surface area contributed by atoms with Crippen molar-refractivity contribution < 1.29 is 9.18 Å². The number of likely N-dealkylation sites (N-methyl/N-ethyl adjacent to an activating group) is 1. The van der Waals surface area contributed by atoms with Crippen LogP contribution in [0.25, 0.3) is 0 Å². The van der Waals surface area contributed by atoms with Crippen LogP contribution in [0.5, 0.6) is 0 Å². The van der Waals surface area contributed by atoms with Crippen molar-refractivity contribution in [1.29, 1.82) is 0 Å². The number of hydrogen-bond acceptors (Lipinski definition) is 2. The van der Waals surface area contributed by atoms with Crippen LogP contribution in [0, 0.1) is 19.7 Å². The largest absolute Gasteiger partial charge is 0.362 e. The fraction of sp³-hybridized carbons (Fsp3) is 0.312. The third-order valence-corrected chi connectivity index (χ3v) is 3.23. The lowest BCUT2D eigenvalue weighted by Crippen LogP contribution is -2.25. The van der Waals surface area contributed by atoms with Crippen LogP contribution in [0.15, 0.2) is 30.3 Å². The Morgan fingerprint density at radius 1 is 1.25 bits per heavy atom. The average molecular weight is 274 g/mol. The highest BCUT2D eigenvalue weighted by atomic mass is 19.1. The minimum absolute atomic E-state index is 0.0939. The van der Waals surface area contributed by atoms with Gasteiger partial charge < -0.3 is 4.98 Å². The molecule has 0 spiro atoms. The van der Waals surface area contributed by atoms with Crippen LogP contribution in [-0.4, -0.2) is 29.3 Å². The monoisotopic (exact) mass is 274 g/mol. The average Bonchev–Trinajstić information content (AvgIpc) is 2.71. The van der Waals surface area contributed by atoms with Crippen LogP contribution < -0.4 is 0 Å². The van der Waals surface area contributed by atoms with Gasteiger partial charge in [-0.2, -0.15) is 0 Å². The van der Waals surface area contributed by atoms with Gasteiger partial charge in [-0.3, -0.25) is 9.69 Å². The van der Waals surface area contributed by atoms with Crippen molar-refractivity contribution in [1.82, 2.24) is 9.88 Å². The number of ketones is 1. The first kappa shape index (κ1) is 14.5. The van der Waals surface area contributed by atoms with Crippen molar-refractivity contribution in [2.45, 2.75) is 20.4 Å². The van der Waals surface area contributed by atoms with Crippen LogP contribution in [0.2, 0.25) is 0 Å². The smallest absolute Gasteiger partial charge is 0.178 e. The Balaban J connectivity index is 1.97. The minimum Gasteiger partial charge on any atom is -0.362 e. The lowest BCUT2D eigenvalue weighted by molar-refractivity contribution is 0.0942. The number of nitrogens with one attached hydrogen (secondary N) is 1. The summed E-state index contributed by atoms with van der Waals surface area (Å²) in [4.78, 5) is 17.3. The summed E-state index contributed by atoms with van der Waals surface area (Å²) in [7, 11) is 1.89. The molecule has 0 amide bonds. The molecule has 1 aromatic carbocycles. The standard InChI is InChI=1S/C16H19FN2O/c1-11-8-15(12(2)18-11)16(20)10-19(3)9-13-4-6-14(17)7-5-13/h4-8,18H,9-10H2,1-3H3. The van der Waals surface area contributed by atoms with E-state index in [1.165, 1.54) is 12.1 Å². The number of halogens is 1. The number of nitrogens with zero attached hydrogens (tertiary/aromatic N) is 1. The van der Waals surface area contributed by atoms with Crippen LogP contribution in [-0.2, 0) is 6.54 Å². The number of benzene rings is 1. The lowest BCUT2D eigenvalue weighted by Gasteiger charge is -2.15. The molecule has 0 radical (unpaired) electrons. The SMILES string of the molecule is Cc1cc(C(=O)CN(C)Cc2ccc(F)cc2)c(C)[nH]1. The van der Waals surface area contributed by atoms with Gasteiger partial charge >= 0.3 is 0 Å². The maximum atomic E-state index is 12.8. The van der Waals surface area contributed by atoms with Crippen LogP contribution in [0.4, 0.5) is 4.39 Å². The Hall–Kier alpha value is -1.94. The summed E-state index contributed by atoms with van der Waals surface area (Å²) in [6.45, 7) is 4.80. The van der Waals surface area contributed by atoms with Crippen molar-refractivity contribution in [3.05, 3.63) is 58.7 Å². The molecule has 1 N–H and O–H groups in total. The van der Waals surface area contributed by atoms with Gasteiger partial charge in [-0.25, -0.2) is 4.39 Å². The van der Waals surface area contributed by atoms with Gasteiger partial charge in [-0.15, -0.1) is 0 Å². The normalized spacial score (nSPS) is 11.1. The highest BCUT2D eigenvalue weighted by Crippen LogP contribution is 2.12. The molecular weight excluding hydrogens is 255 g/mol. The Morgan fingerprint density at radius 2 is 1.90 bits per heavy atom. The summed E-state index contributed by atoms with van der Waals surface area (Å²) in [5.41, 5.74) is 3.63. The van der Waals surface area contributed by atoms with E-state index < -0.39 is 0 Å². The van der Waals surface area contributed by atoms with Crippen molar-refractivity contribution >= 4 is 5.78 Å². The molecule has 4 heteroatoms. The predicted molar refractivity (Wildman–Crippen MR) is 77.3 cm³/mol. The first-order valence-electron chi connectivity index (χ1n) is 6.58. The van der Waals surface area contributed by atoms with E-state index in [1.54, 1.807) is 12.1 Å². The molecule has 0 aliphatic heterocycles. The highest BCUT2D eigenvalue weighted by molar-refractivity contribution is 5.98. The number of hydrogen-bond donors (Lipinski definition) is 1. The zero-order valence-corrected chi connectivity index (χ0v) is 12.0. The quantitative estimate of drug-likeness (QED) is 0.851. The van der Waals surface area contributed by atoms with Gasteiger partial charge in [0, 0.05) is 23.5 Å². The number of Topliss-reactive ketones (excluding diaryl/α,β-unsaturated/α-hetero) is 1. The summed E-state index contributed by atoms with van der Waals surface area (Å²) in [5, 5.41) is 0. The van der Waals surface area contributed by atoms with Gasteiger partial charge in [0.05, 0.1) is 6.54 Å².